The third-order valence-corrected chi connectivity index (χ3v) is 1.64. The van der Waals surface area contributed by atoms with Crippen molar-refractivity contribution in [3.05, 3.63) is 23.9 Å². The van der Waals surface area contributed by atoms with Crippen LogP contribution in [-0.2, 0) is 9.59 Å². The van der Waals surface area contributed by atoms with E-state index < -0.39 is 11.8 Å². The summed E-state index contributed by atoms with van der Waals surface area (Å²) >= 11 is 0. The molecule has 70 valence electrons. The van der Waals surface area contributed by atoms with Gasteiger partial charge in [0.1, 0.15) is 0 Å². The van der Waals surface area contributed by atoms with Crippen molar-refractivity contribution < 1.29 is 9.59 Å². The number of nitrogens with zero attached hydrogens (tertiary/aromatic N) is 1. The Bertz CT molecular complexity index is 294. The minimum Gasteiger partial charge on any atom is -0.368 e. The summed E-state index contributed by atoms with van der Waals surface area (Å²) in [5.41, 5.74) is 10.5. The minimum atomic E-state index is -0.473. The predicted molar refractivity (Wildman–Crippen MR) is 47.2 cm³/mol. The van der Waals surface area contributed by atoms with Crippen LogP contribution in [-0.4, -0.2) is 29.8 Å². The van der Waals surface area contributed by atoms with E-state index in [4.69, 9.17) is 11.5 Å². The summed E-state index contributed by atoms with van der Waals surface area (Å²) in [6.45, 7) is 0.440. The Kier molecular flexibility index (Phi) is 2.69. The molecule has 4 N–H and O–H groups in total. The number of amides is 2. The number of allylic oxidation sites excluding steroid dienone is 2. The van der Waals surface area contributed by atoms with E-state index in [9.17, 15) is 9.59 Å². The highest BCUT2D eigenvalue weighted by Gasteiger charge is 2.12. The first-order valence-corrected chi connectivity index (χ1v) is 3.79. The fourth-order valence-electron chi connectivity index (χ4n) is 1.07. The lowest BCUT2D eigenvalue weighted by atomic mass is 10.2. The van der Waals surface area contributed by atoms with Gasteiger partial charge in [0, 0.05) is 12.1 Å². The van der Waals surface area contributed by atoms with E-state index in [1.54, 1.807) is 23.3 Å². The highest BCUT2D eigenvalue weighted by atomic mass is 16.1. The van der Waals surface area contributed by atoms with Crippen LogP contribution >= 0.6 is 0 Å². The smallest absolute Gasteiger partial charge is 0.246 e. The van der Waals surface area contributed by atoms with Gasteiger partial charge in [-0.2, -0.15) is 0 Å². The summed E-state index contributed by atoms with van der Waals surface area (Å²) in [6.07, 6.45) is 4.98. The van der Waals surface area contributed by atoms with Gasteiger partial charge in [0.15, 0.2) is 0 Å². The quantitative estimate of drug-likeness (QED) is 0.567. The maximum atomic E-state index is 10.8. The number of hydrogen-bond acceptors (Lipinski definition) is 3. The van der Waals surface area contributed by atoms with E-state index in [-0.39, 0.29) is 6.54 Å². The summed E-state index contributed by atoms with van der Waals surface area (Å²) in [7, 11) is 0. The highest BCUT2D eigenvalue weighted by Crippen LogP contribution is 2.05. The number of rotatable bonds is 3. The molecule has 0 aromatic rings. The van der Waals surface area contributed by atoms with Crippen LogP contribution in [0.5, 0.6) is 0 Å². The molecule has 0 spiro atoms. The molecule has 0 aromatic carbocycles. The van der Waals surface area contributed by atoms with Crippen molar-refractivity contribution in [2.75, 3.05) is 13.1 Å². The van der Waals surface area contributed by atoms with Crippen molar-refractivity contribution in [3.63, 3.8) is 0 Å². The second-order valence-corrected chi connectivity index (χ2v) is 2.77. The van der Waals surface area contributed by atoms with Gasteiger partial charge < -0.3 is 16.4 Å². The van der Waals surface area contributed by atoms with Crippen molar-refractivity contribution in [1.29, 1.82) is 0 Å². The van der Waals surface area contributed by atoms with Crippen LogP contribution in [0.15, 0.2) is 23.9 Å². The zero-order valence-corrected chi connectivity index (χ0v) is 7.06. The van der Waals surface area contributed by atoms with E-state index >= 15 is 0 Å². The molecule has 0 saturated heterocycles. The van der Waals surface area contributed by atoms with Gasteiger partial charge in [0.2, 0.25) is 11.8 Å². The van der Waals surface area contributed by atoms with Crippen LogP contribution in [0.4, 0.5) is 0 Å². The Morgan fingerprint density at radius 3 is 2.69 bits per heavy atom. The van der Waals surface area contributed by atoms with Gasteiger partial charge in [0.25, 0.3) is 0 Å². The summed E-state index contributed by atoms with van der Waals surface area (Å²) in [5.74, 6) is -0.908. The number of hydrogen-bond donors (Lipinski definition) is 2. The van der Waals surface area contributed by atoms with Crippen LogP contribution in [0, 0.1) is 0 Å². The maximum Gasteiger partial charge on any atom is 0.246 e. The Balaban J connectivity index is 2.59. The average Bonchev–Trinajstić information content (AvgIpc) is 2.03. The first-order valence-electron chi connectivity index (χ1n) is 3.79. The van der Waals surface area contributed by atoms with E-state index in [0.29, 0.717) is 12.1 Å². The summed E-state index contributed by atoms with van der Waals surface area (Å²) < 4.78 is 0. The summed E-state index contributed by atoms with van der Waals surface area (Å²) in [5, 5.41) is 0. The van der Waals surface area contributed by atoms with Crippen LogP contribution in [0.2, 0.25) is 0 Å². The first kappa shape index (κ1) is 9.31. The molecule has 5 heteroatoms. The Hall–Kier alpha value is -1.78. The van der Waals surface area contributed by atoms with E-state index in [1.807, 2.05) is 0 Å². The van der Waals surface area contributed by atoms with Gasteiger partial charge in [-0.3, -0.25) is 9.59 Å². The van der Waals surface area contributed by atoms with Gasteiger partial charge in [0.05, 0.1) is 6.54 Å². The molecule has 0 radical (unpaired) electrons. The molecule has 0 unspecified atom stereocenters. The molecule has 1 aliphatic rings. The van der Waals surface area contributed by atoms with Crippen LogP contribution in [0.25, 0.3) is 0 Å². The second-order valence-electron chi connectivity index (χ2n) is 2.77. The molecule has 0 atom stereocenters. The van der Waals surface area contributed by atoms with Crippen LogP contribution < -0.4 is 11.5 Å². The molecule has 0 bridgehead atoms. The van der Waals surface area contributed by atoms with Crippen molar-refractivity contribution in [1.82, 2.24) is 4.90 Å². The number of primary amides is 2. The molecule has 5 nitrogen and oxygen atoms in total. The largest absolute Gasteiger partial charge is 0.368 e. The van der Waals surface area contributed by atoms with Crippen LogP contribution in [0.1, 0.15) is 0 Å². The average molecular weight is 181 g/mol. The van der Waals surface area contributed by atoms with Crippen molar-refractivity contribution >= 4 is 11.8 Å². The molecule has 0 fully saturated rings. The topological polar surface area (TPSA) is 89.4 Å². The molecule has 0 saturated carbocycles. The first-order chi connectivity index (χ1) is 6.09. The molecule has 0 aromatic heterocycles. The molecule has 13 heavy (non-hydrogen) atoms. The monoisotopic (exact) mass is 181 g/mol. The summed E-state index contributed by atoms with van der Waals surface area (Å²) in [4.78, 5) is 22.9. The summed E-state index contributed by atoms with van der Waals surface area (Å²) in [6, 6.07) is 0. The van der Waals surface area contributed by atoms with E-state index in [1.165, 1.54) is 0 Å². The van der Waals surface area contributed by atoms with Gasteiger partial charge in [-0.05, 0) is 12.3 Å². The predicted octanol–water partition coefficient (Wildman–Crippen LogP) is -1.29. The SMILES string of the molecule is NC(=O)CN1C=CC=C(C(N)=O)C1. The molecule has 1 aliphatic heterocycles. The maximum absolute atomic E-state index is 10.8. The fourth-order valence-corrected chi connectivity index (χ4v) is 1.07. The fraction of sp³-hybridized carbons (Fsp3) is 0.250. The van der Waals surface area contributed by atoms with E-state index in [0.717, 1.165) is 0 Å². The van der Waals surface area contributed by atoms with Crippen molar-refractivity contribution in [2.45, 2.75) is 0 Å². The molecule has 2 amide bonds. The lowest BCUT2D eigenvalue weighted by Crippen LogP contribution is -2.34. The third-order valence-electron chi connectivity index (χ3n) is 1.64. The standard InChI is InChI=1S/C8H11N3O2/c9-7(12)5-11-3-1-2-6(4-11)8(10)13/h1-3H,4-5H2,(H2,9,12)(H2,10,13). The lowest BCUT2D eigenvalue weighted by molar-refractivity contribution is -0.119. The molecule has 1 rings (SSSR count). The Morgan fingerprint density at radius 1 is 1.46 bits per heavy atom. The Labute approximate surface area is 75.7 Å². The zero-order valence-electron chi connectivity index (χ0n) is 7.06. The molecule has 0 aliphatic carbocycles. The highest BCUT2D eigenvalue weighted by molar-refractivity contribution is 5.93. The zero-order chi connectivity index (χ0) is 9.84. The number of carbonyl (C=O) groups is 2. The van der Waals surface area contributed by atoms with Gasteiger partial charge in [-0.15, -0.1) is 0 Å². The lowest BCUT2D eigenvalue weighted by Gasteiger charge is -2.21. The molecular weight excluding hydrogens is 170 g/mol. The van der Waals surface area contributed by atoms with E-state index in [2.05, 4.69) is 0 Å². The van der Waals surface area contributed by atoms with Gasteiger partial charge in [-0.1, -0.05) is 6.08 Å². The Morgan fingerprint density at radius 2 is 2.15 bits per heavy atom. The van der Waals surface area contributed by atoms with Crippen LogP contribution in [0.3, 0.4) is 0 Å². The third kappa shape index (κ3) is 2.62. The van der Waals surface area contributed by atoms with Crippen molar-refractivity contribution in [3.8, 4) is 0 Å². The molecular formula is C8H11N3O2. The van der Waals surface area contributed by atoms with Gasteiger partial charge in [-0.25, -0.2) is 0 Å². The van der Waals surface area contributed by atoms with Crippen molar-refractivity contribution in [2.24, 2.45) is 11.5 Å². The number of nitrogens with two attached hydrogens (primary N) is 2. The number of carbonyl (C=O) groups excluding carboxylic acids is 2. The molecule has 1 heterocycles. The van der Waals surface area contributed by atoms with Gasteiger partial charge >= 0.3 is 0 Å². The minimum absolute atomic E-state index is 0.0983. The second kappa shape index (κ2) is 3.75. The normalized spacial score (nSPS) is 15.4.